The second kappa shape index (κ2) is 8.97. The number of benzene rings is 2. The Kier molecular flexibility index (Phi) is 5.97. The molecule has 5 rings (SSSR count). The second-order valence-electron chi connectivity index (χ2n) is 8.97. The highest BCUT2D eigenvalue weighted by atomic mass is 32.2. The summed E-state index contributed by atoms with van der Waals surface area (Å²) in [5.74, 6) is -0.581. The van der Waals surface area contributed by atoms with E-state index in [0.29, 0.717) is 18.0 Å². The number of sulfonamides is 1. The molecule has 0 spiro atoms. The highest BCUT2D eigenvalue weighted by Crippen LogP contribution is 2.32. The number of nitrogens with one attached hydrogen (secondary N) is 1. The summed E-state index contributed by atoms with van der Waals surface area (Å²) in [6.07, 6.45) is 0.147. The van der Waals surface area contributed by atoms with Crippen molar-refractivity contribution >= 4 is 39.1 Å². The maximum Gasteiger partial charge on any atom is 0.262 e. The number of hydrogen-bond acceptors (Lipinski definition) is 6. The molecule has 3 heterocycles. The maximum absolute atomic E-state index is 13.2. The van der Waals surface area contributed by atoms with Gasteiger partial charge in [-0.15, -0.1) is 0 Å². The molecule has 3 aliphatic rings. The monoisotopic (exact) mass is 498 g/mol. The van der Waals surface area contributed by atoms with Gasteiger partial charge < -0.3 is 19.9 Å². The minimum atomic E-state index is -3.81. The quantitative estimate of drug-likeness (QED) is 0.678. The van der Waals surface area contributed by atoms with Gasteiger partial charge in [0.1, 0.15) is 5.75 Å². The Morgan fingerprint density at radius 1 is 1.03 bits per heavy atom. The zero-order chi connectivity index (χ0) is 24.7. The van der Waals surface area contributed by atoms with Crippen molar-refractivity contribution in [2.45, 2.75) is 18.2 Å². The van der Waals surface area contributed by atoms with Crippen molar-refractivity contribution in [1.82, 2.24) is 9.21 Å². The summed E-state index contributed by atoms with van der Waals surface area (Å²) in [6.45, 7) is 2.98. The number of aryl methyl sites for hydroxylation is 1. The molecular formula is C24H26N4O6S. The first-order chi connectivity index (χ1) is 16.7. The van der Waals surface area contributed by atoms with Gasteiger partial charge in [0, 0.05) is 44.8 Å². The number of ether oxygens (including phenoxy) is 1. The van der Waals surface area contributed by atoms with Crippen LogP contribution in [0.2, 0.25) is 0 Å². The molecule has 10 nitrogen and oxygen atoms in total. The standard InChI is InChI=1S/C24H26N4O6S/c1-16-2-4-18(5-3-16)28-14-17(12-23(28)30)24(31)26-8-10-27(11-9-26)35(32,33)19-6-7-21-20(13-19)25-22(29)15-34-21/h2-7,13,17H,8-12,14-15H2,1H3,(H,25,29). The van der Waals surface area contributed by atoms with Gasteiger partial charge in [-0.3, -0.25) is 14.4 Å². The lowest BCUT2D eigenvalue weighted by molar-refractivity contribution is -0.137. The van der Waals surface area contributed by atoms with Crippen LogP contribution in [0.15, 0.2) is 47.4 Å². The van der Waals surface area contributed by atoms with E-state index in [1.54, 1.807) is 9.80 Å². The molecule has 184 valence electrons. The van der Waals surface area contributed by atoms with E-state index in [1.807, 2.05) is 31.2 Å². The van der Waals surface area contributed by atoms with Crippen molar-refractivity contribution in [3.8, 4) is 5.75 Å². The zero-order valence-electron chi connectivity index (χ0n) is 19.3. The SMILES string of the molecule is Cc1ccc(N2CC(C(=O)N3CCN(S(=O)(=O)c4ccc5c(c4)NC(=O)CO5)CC3)CC2=O)cc1. The number of anilines is 2. The van der Waals surface area contributed by atoms with Crippen LogP contribution in [-0.4, -0.2) is 74.7 Å². The third kappa shape index (κ3) is 4.48. The van der Waals surface area contributed by atoms with E-state index in [-0.39, 0.29) is 61.8 Å². The van der Waals surface area contributed by atoms with Crippen LogP contribution in [0.1, 0.15) is 12.0 Å². The van der Waals surface area contributed by atoms with E-state index in [2.05, 4.69) is 5.32 Å². The van der Waals surface area contributed by atoms with Crippen LogP contribution in [0.5, 0.6) is 5.75 Å². The van der Waals surface area contributed by atoms with Crippen LogP contribution in [0.25, 0.3) is 0 Å². The molecule has 1 N–H and O–H groups in total. The molecule has 3 aliphatic heterocycles. The predicted octanol–water partition coefficient (Wildman–Crippen LogP) is 1.21. The van der Waals surface area contributed by atoms with Gasteiger partial charge in [0.25, 0.3) is 5.91 Å². The van der Waals surface area contributed by atoms with E-state index in [1.165, 1.54) is 22.5 Å². The molecule has 0 saturated carbocycles. The van der Waals surface area contributed by atoms with Crippen LogP contribution in [0, 0.1) is 12.8 Å². The van der Waals surface area contributed by atoms with Gasteiger partial charge in [0.2, 0.25) is 21.8 Å². The minimum Gasteiger partial charge on any atom is -0.482 e. The number of amides is 3. The third-order valence-electron chi connectivity index (χ3n) is 6.59. The fourth-order valence-electron chi connectivity index (χ4n) is 4.63. The Morgan fingerprint density at radius 3 is 2.46 bits per heavy atom. The fourth-order valence-corrected chi connectivity index (χ4v) is 6.07. The summed E-state index contributed by atoms with van der Waals surface area (Å²) in [7, 11) is -3.81. The summed E-state index contributed by atoms with van der Waals surface area (Å²) in [6, 6.07) is 12.0. The van der Waals surface area contributed by atoms with Crippen molar-refractivity contribution in [3.63, 3.8) is 0 Å². The highest BCUT2D eigenvalue weighted by molar-refractivity contribution is 7.89. The second-order valence-corrected chi connectivity index (χ2v) is 10.9. The summed E-state index contributed by atoms with van der Waals surface area (Å²) < 4.78 is 33.0. The highest BCUT2D eigenvalue weighted by Gasteiger charge is 2.39. The van der Waals surface area contributed by atoms with Gasteiger partial charge in [-0.1, -0.05) is 17.7 Å². The summed E-state index contributed by atoms with van der Waals surface area (Å²) in [5.41, 5.74) is 2.19. The van der Waals surface area contributed by atoms with Crippen LogP contribution < -0.4 is 15.0 Å². The first-order valence-corrected chi connectivity index (χ1v) is 12.9. The van der Waals surface area contributed by atoms with Crippen molar-refractivity contribution in [1.29, 1.82) is 0 Å². The minimum absolute atomic E-state index is 0.0527. The molecule has 1 unspecified atom stereocenters. The lowest BCUT2D eigenvalue weighted by Gasteiger charge is -2.35. The molecule has 2 aromatic rings. The molecule has 1 atom stereocenters. The average molecular weight is 499 g/mol. The Balaban J connectivity index is 1.22. The molecule has 11 heteroatoms. The van der Waals surface area contributed by atoms with Gasteiger partial charge in [-0.2, -0.15) is 4.31 Å². The van der Waals surface area contributed by atoms with Gasteiger partial charge in [0.15, 0.2) is 6.61 Å². The number of piperazine rings is 1. The first kappa shape index (κ1) is 23.3. The van der Waals surface area contributed by atoms with Gasteiger partial charge in [-0.25, -0.2) is 8.42 Å². The Hall–Kier alpha value is -3.44. The van der Waals surface area contributed by atoms with Crippen molar-refractivity contribution < 1.29 is 27.5 Å². The van der Waals surface area contributed by atoms with E-state index < -0.39 is 15.9 Å². The molecule has 2 saturated heterocycles. The van der Waals surface area contributed by atoms with Crippen LogP contribution in [0.4, 0.5) is 11.4 Å². The van der Waals surface area contributed by atoms with Crippen molar-refractivity contribution in [3.05, 3.63) is 48.0 Å². The van der Waals surface area contributed by atoms with Gasteiger partial charge in [0.05, 0.1) is 16.5 Å². The fraction of sp³-hybridized carbons (Fsp3) is 0.375. The van der Waals surface area contributed by atoms with Crippen LogP contribution in [0.3, 0.4) is 0 Å². The van der Waals surface area contributed by atoms with E-state index in [9.17, 15) is 22.8 Å². The van der Waals surface area contributed by atoms with Crippen molar-refractivity contribution in [2.75, 3.05) is 49.5 Å². The van der Waals surface area contributed by atoms with Crippen LogP contribution in [-0.2, 0) is 24.4 Å². The molecule has 0 radical (unpaired) electrons. The number of fused-ring (bicyclic) bond motifs is 1. The molecule has 35 heavy (non-hydrogen) atoms. The zero-order valence-corrected chi connectivity index (χ0v) is 20.1. The maximum atomic E-state index is 13.2. The Bertz CT molecular complexity index is 1290. The number of rotatable bonds is 4. The summed E-state index contributed by atoms with van der Waals surface area (Å²) in [4.78, 5) is 40.6. The molecule has 2 fully saturated rings. The van der Waals surface area contributed by atoms with Crippen molar-refractivity contribution in [2.24, 2.45) is 5.92 Å². The lowest BCUT2D eigenvalue weighted by Crippen LogP contribution is -2.52. The van der Waals surface area contributed by atoms with Gasteiger partial charge >= 0.3 is 0 Å². The molecule has 0 aliphatic carbocycles. The van der Waals surface area contributed by atoms with E-state index >= 15 is 0 Å². The molecule has 3 amide bonds. The van der Waals surface area contributed by atoms with Gasteiger partial charge in [-0.05, 0) is 37.3 Å². The Morgan fingerprint density at radius 2 is 1.74 bits per heavy atom. The third-order valence-corrected chi connectivity index (χ3v) is 8.49. The largest absolute Gasteiger partial charge is 0.482 e. The van der Waals surface area contributed by atoms with E-state index in [4.69, 9.17) is 4.74 Å². The number of nitrogens with zero attached hydrogens (tertiary/aromatic N) is 3. The number of hydrogen-bond donors (Lipinski definition) is 1. The topological polar surface area (TPSA) is 116 Å². The average Bonchev–Trinajstić information content (AvgIpc) is 3.25. The lowest BCUT2D eigenvalue weighted by atomic mass is 10.1. The first-order valence-electron chi connectivity index (χ1n) is 11.4. The van der Waals surface area contributed by atoms with E-state index in [0.717, 1.165) is 11.3 Å². The normalized spacial score (nSPS) is 20.9. The summed E-state index contributed by atoms with van der Waals surface area (Å²) in [5, 5.41) is 2.62. The van der Waals surface area contributed by atoms with Crippen LogP contribution >= 0.6 is 0 Å². The Labute approximate surface area is 203 Å². The number of carbonyl (C=O) groups excluding carboxylic acids is 3. The molecule has 0 bridgehead atoms. The molecule has 2 aromatic carbocycles. The molecule has 0 aromatic heterocycles. The predicted molar refractivity (Wildman–Crippen MR) is 128 cm³/mol. The smallest absolute Gasteiger partial charge is 0.262 e. The number of carbonyl (C=O) groups is 3. The summed E-state index contributed by atoms with van der Waals surface area (Å²) >= 11 is 0. The molecular weight excluding hydrogens is 472 g/mol.